The molecule has 22 heavy (non-hydrogen) atoms. The molecule has 1 amide bonds. The molecule has 0 spiro atoms. The van der Waals surface area contributed by atoms with Crippen molar-refractivity contribution in [2.75, 3.05) is 7.11 Å². The van der Waals surface area contributed by atoms with Crippen molar-refractivity contribution in [1.82, 2.24) is 5.32 Å². The molecule has 2 N–H and O–H groups in total. The van der Waals surface area contributed by atoms with E-state index in [1.54, 1.807) is 19.2 Å². The van der Waals surface area contributed by atoms with E-state index >= 15 is 0 Å². The van der Waals surface area contributed by atoms with Crippen molar-refractivity contribution in [3.63, 3.8) is 0 Å². The van der Waals surface area contributed by atoms with Crippen molar-refractivity contribution < 1.29 is 19.0 Å². The molecule has 5 heteroatoms. The molecular weight excluding hydrogens is 285 g/mol. The number of benzene rings is 1. The molecule has 0 aliphatic heterocycles. The third-order valence-electron chi connectivity index (χ3n) is 4.25. The van der Waals surface area contributed by atoms with Crippen LogP contribution in [0.4, 0.5) is 4.39 Å². The van der Waals surface area contributed by atoms with Crippen LogP contribution in [0.1, 0.15) is 37.7 Å². The molecule has 1 aliphatic carbocycles. The summed E-state index contributed by atoms with van der Waals surface area (Å²) in [6.45, 7) is 0. The number of aliphatic hydroxyl groups excluding tert-OH is 1. The van der Waals surface area contributed by atoms with Crippen molar-refractivity contribution in [2.24, 2.45) is 0 Å². The quantitative estimate of drug-likeness (QED) is 0.820. The molecule has 1 fully saturated rings. The van der Waals surface area contributed by atoms with Crippen LogP contribution in [-0.4, -0.2) is 36.4 Å². The van der Waals surface area contributed by atoms with Gasteiger partial charge in [-0.15, -0.1) is 0 Å². The lowest BCUT2D eigenvalue weighted by Gasteiger charge is -2.27. The van der Waals surface area contributed by atoms with Crippen LogP contribution in [0, 0.1) is 5.82 Å². The second kappa shape index (κ2) is 8.25. The van der Waals surface area contributed by atoms with Crippen LogP contribution in [0.25, 0.3) is 0 Å². The molecule has 2 rings (SSSR count). The standard InChI is InChI=1S/C17H24FNO3/c1-22-15-5-3-2-4-14(17(15)21)19-16(20)11-8-12-6-9-13(18)10-7-12/h6-7,9-10,14-15,17,21H,2-5,8,11H2,1H3,(H,19,20)/t14-,15-,17-/m1/s1. The SMILES string of the molecule is CO[C@@H]1CCCC[C@@H](NC(=O)CCc2ccc(F)cc2)[C@H]1O. The van der Waals surface area contributed by atoms with Gasteiger partial charge in [-0.3, -0.25) is 4.79 Å². The molecule has 0 aromatic heterocycles. The molecule has 0 radical (unpaired) electrons. The maximum absolute atomic E-state index is 12.8. The monoisotopic (exact) mass is 309 g/mol. The van der Waals surface area contributed by atoms with E-state index in [1.165, 1.54) is 12.1 Å². The Morgan fingerprint density at radius 2 is 2.00 bits per heavy atom. The first-order valence-electron chi connectivity index (χ1n) is 7.85. The Kier molecular flexibility index (Phi) is 6.34. The number of methoxy groups -OCH3 is 1. The zero-order chi connectivity index (χ0) is 15.9. The van der Waals surface area contributed by atoms with E-state index in [9.17, 15) is 14.3 Å². The fourth-order valence-corrected chi connectivity index (χ4v) is 2.91. The van der Waals surface area contributed by atoms with E-state index in [2.05, 4.69) is 5.32 Å². The van der Waals surface area contributed by atoms with Crippen molar-refractivity contribution in [1.29, 1.82) is 0 Å². The van der Waals surface area contributed by atoms with Crippen molar-refractivity contribution in [2.45, 2.75) is 56.8 Å². The van der Waals surface area contributed by atoms with Crippen molar-refractivity contribution in [3.8, 4) is 0 Å². The van der Waals surface area contributed by atoms with E-state index < -0.39 is 6.10 Å². The summed E-state index contributed by atoms with van der Waals surface area (Å²) in [5.41, 5.74) is 0.924. The van der Waals surface area contributed by atoms with Crippen LogP contribution in [0.5, 0.6) is 0 Å². The Hall–Kier alpha value is -1.46. The number of aliphatic hydroxyl groups is 1. The number of amides is 1. The van der Waals surface area contributed by atoms with Crippen molar-refractivity contribution in [3.05, 3.63) is 35.6 Å². The normalized spacial score (nSPS) is 25.5. The fourth-order valence-electron chi connectivity index (χ4n) is 2.91. The number of hydrogen-bond acceptors (Lipinski definition) is 3. The van der Waals surface area contributed by atoms with Gasteiger partial charge in [-0.25, -0.2) is 4.39 Å². The third-order valence-corrected chi connectivity index (χ3v) is 4.25. The summed E-state index contributed by atoms with van der Waals surface area (Å²) in [6, 6.07) is 5.90. The number of aryl methyl sites for hydroxylation is 1. The summed E-state index contributed by atoms with van der Waals surface area (Å²) >= 11 is 0. The van der Waals surface area contributed by atoms with Crippen LogP contribution in [-0.2, 0) is 16.0 Å². The van der Waals surface area contributed by atoms with Crippen LogP contribution < -0.4 is 5.32 Å². The van der Waals surface area contributed by atoms with Gasteiger partial charge < -0.3 is 15.2 Å². The predicted molar refractivity (Wildman–Crippen MR) is 81.9 cm³/mol. The average Bonchev–Trinajstić information content (AvgIpc) is 2.69. The Balaban J connectivity index is 1.83. The lowest BCUT2D eigenvalue weighted by atomic mass is 10.0. The Labute approximate surface area is 130 Å². The number of hydrogen-bond donors (Lipinski definition) is 2. The van der Waals surface area contributed by atoms with Gasteiger partial charge in [0.2, 0.25) is 5.91 Å². The van der Waals surface area contributed by atoms with Crippen LogP contribution in [0.15, 0.2) is 24.3 Å². The van der Waals surface area contributed by atoms with Gasteiger partial charge in [-0.1, -0.05) is 25.0 Å². The summed E-state index contributed by atoms with van der Waals surface area (Å²) in [6.07, 6.45) is 3.56. The van der Waals surface area contributed by atoms with Gasteiger partial charge in [0.05, 0.1) is 12.1 Å². The largest absolute Gasteiger partial charge is 0.388 e. The number of nitrogens with one attached hydrogen (secondary N) is 1. The van der Waals surface area contributed by atoms with Gasteiger partial charge in [-0.2, -0.15) is 0 Å². The summed E-state index contributed by atoms with van der Waals surface area (Å²) in [5, 5.41) is 13.2. The van der Waals surface area contributed by atoms with Crippen LogP contribution in [0.2, 0.25) is 0 Å². The molecular formula is C17H24FNO3. The Bertz CT molecular complexity index is 477. The molecule has 0 saturated heterocycles. The molecule has 4 nitrogen and oxygen atoms in total. The topological polar surface area (TPSA) is 58.6 Å². The first-order chi connectivity index (χ1) is 10.6. The number of halogens is 1. The third kappa shape index (κ3) is 4.78. The van der Waals surface area contributed by atoms with Crippen molar-refractivity contribution >= 4 is 5.91 Å². The highest BCUT2D eigenvalue weighted by atomic mass is 19.1. The maximum atomic E-state index is 12.8. The predicted octanol–water partition coefficient (Wildman–Crippen LogP) is 2.19. The molecule has 0 bridgehead atoms. The highest BCUT2D eigenvalue weighted by Gasteiger charge is 2.30. The number of rotatable bonds is 5. The highest BCUT2D eigenvalue weighted by Crippen LogP contribution is 2.21. The summed E-state index contributed by atoms with van der Waals surface area (Å²) in [7, 11) is 1.59. The van der Waals surface area contributed by atoms with E-state index in [1.807, 2.05) is 0 Å². The molecule has 1 aliphatic rings. The fraction of sp³-hybridized carbons (Fsp3) is 0.588. The van der Waals surface area contributed by atoms with Gasteiger partial charge in [0.1, 0.15) is 11.9 Å². The average molecular weight is 309 g/mol. The van der Waals surface area contributed by atoms with E-state index in [0.717, 1.165) is 31.2 Å². The minimum absolute atomic E-state index is 0.0925. The Morgan fingerprint density at radius 3 is 2.68 bits per heavy atom. The first-order valence-corrected chi connectivity index (χ1v) is 7.85. The molecule has 1 saturated carbocycles. The molecule has 1 aromatic rings. The second-order valence-corrected chi connectivity index (χ2v) is 5.85. The lowest BCUT2D eigenvalue weighted by Crippen LogP contribution is -2.48. The minimum Gasteiger partial charge on any atom is -0.388 e. The number of carbonyl (C=O) groups excluding carboxylic acids is 1. The Morgan fingerprint density at radius 1 is 1.32 bits per heavy atom. The minimum atomic E-state index is -0.665. The van der Waals surface area contributed by atoms with Gasteiger partial charge in [0.25, 0.3) is 0 Å². The molecule has 0 heterocycles. The van der Waals surface area contributed by atoms with Gasteiger partial charge in [0.15, 0.2) is 0 Å². The zero-order valence-electron chi connectivity index (χ0n) is 12.9. The number of ether oxygens (including phenoxy) is 1. The molecule has 122 valence electrons. The van der Waals surface area contributed by atoms with E-state index in [4.69, 9.17) is 4.74 Å². The van der Waals surface area contributed by atoms with Gasteiger partial charge in [-0.05, 0) is 37.0 Å². The smallest absolute Gasteiger partial charge is 0.220 e. The summed E-state index contributed by atoms with van der Waals surface area (Å²) in [5.74, 6) is -0.370. The first kappa shape index (κ1) is 16.9. The van der Waals surface area contributed by atoms with Gasteiger partial charge >= 0.3 is 0 Å². The molecule has 3 atom stereocenters. The zero-order valence-corrected chi connectivity index (χ0v) is 12.9. The number of carbonyl (C=O) groups is 1. The second-order valence-electron chi connectivity index (χ2n) is 5.85. The lowest BCUT2D eigenvalue weighted by molar-refractivity contribution is -0.123. The van der Waals surface area contributed by atoms with Crippen LogP contribution >= 0.6 is 0 Å². The summed E-state index contributed by atoms with van der Waals surface area (Å²) in [4.78, 5) is 12.1. The maximum Gasteiger partial charge on any atom is 0.220 e. The summed E-state index contributed by atoms with van der Waals surface area (Å²) < 4.78 is 18.1. The van der Waals surface area contributed by atoms with Crippen LogP contribution in [0.3, 0.4) is 0 Å². The van der Waals surface area contributed by atoms with E-state index in [0.29, 0.717) is 12.8 Å². The molecule has 1 aromatic carbocycles. The van der Waals surface area contributed by atoms with Gasteiger partial charge in [0, 0.05) is 13.5 Å². The molecule has 0 unspecified atom stereocenters. The highest BCUT2D eigenvalue weighted by molar-refractivity contribution is 5.76. The van der Waals surface area contributed by atoms with E-state index in [-0.39, 0.29) is 23.9 Å².